The Hall–Kier alpha value is -2.25. The van der Waals surface area contributed by atoms with Crippen molar-refractivity contribution < 1.29 is 13.6 Å². The Kier molecular flexibility index (Phi) is 4.35. The molecule has 0 radical (unpaired) electrons. The number of Topliss-reactive ketones (excluding diaryl/α,β-unsaturated/α-hetero) is 1. The van der Waals surface area contributed by atoms with Crippen molar-refractivity contribution in [2.45, 2.75) is 12.8 Å². The molecule has 0 heterocycles. The summed E-state index contributed by atoms with van der Waals surface area (Å²) < 4.78 is 26.5. The summed E-state index contributed by atoms with van der Waals surface area (Å²) in [7, 11) is 0. The summed E-state index contributed by atoms with van der Waals surface area (Å²) in [5.74, 6) is -3.50. The van der Waals surface area contributed by atoms with Gasteiger partial charge < -0.3 is 0 Å². The van der Waals surface area contributed by atoms with E-state index in [0.717, 1.165) is 17.7 Å². The third-order valence-corrected chi connectivity index (χ3v) is 3.47. The van der Waals surface area contributed by atoms with Crippen molar-refractivity contribution >= 4 is 17.4 Å². The summed E-state index contributed by atoms with van der Waals surface area (Å²) in [6.45, 7) is 1.78. The maximum absolute atomic E-state index is 13.2. The normalized spacial score (nSPS) is 11.8. The highest BCUT2D eigenvalue weighted by Gasteiger charge is 2.23. The number of hydrogen-bond donors (Lipinski definition) is 0. The van der Waals surface area contributed by atoms with E-state index in [0.29, 0.717) is 11.1 Å². The van der Waals surface area contributed by atoms with Gasteiger partial charge >= 0.3 is 0 Å². The van der Waals surface area contributed by atoms with Crippen LogP contribution in [-0.2, 0) is 0 Å². The standard InChI is InChI=1S/C16H10ClF2NO/c1-9-2-3-10(6-15(9)17)16(21)14(8-20)11-4-12(18)7-13(19)5-11/h2-7,14H,1H3. The van der Waals surface area contributed by atoms with Gasteiger partial charge in [0.1, 0.15) is 17.6 Å². The van der Waals surface area contributed by atoms with Crippen molar-refractivity contribution in [2.24, 2.45) is 0 Å². The molecule has 2 aromatic carbocycles. The van der Waals surface area contributed by atoms with E-state index in [2.05, 4.69) is 0 Å². The number of nitriles is 1. The van der Waals surface area contributed by atoms with Crippen LogP contribution in [0.3, 0.4) is 0 Å². The number of rotatable bonds is 3. The minimum Gasteiger partial charge on any atom is -0.292 e. The first-order chi connectivity index (χ1) is 9.92. The average Bonchev–Trinajstić information content (AvgIpc) is 2.41. The molecule has 0 saturated carbocycles. The van der Waals surface area contributed by atoms with Crippen LogP contribution in [0.2, 0.25) is 5.02 Å². The van der Waals surface area contributed by atoms with E-state index in [1.165, 1.54) is 12.1 Å². The van der Waals surface area contributed by atoms with Crippen LogP contribution in [0.15, 0.2) is 36.4 Å². The van der Waals surface area contributed by atoms with E-state index in [9.17, 15) is 13.6 Å². The fourth-order valence-electron chi connectivity index (χ4n) is 1.94. The molecule has 0 N–H and O–H groups in total. The molecule has 2 nitrogen and oxygen atoms in total. The topological polar surface area (TPSA) is 40.9 Å². The van der Waals surface area contributed by atoms with Gasteiger partial charge in [-0.3, -0.25) is 4.79 Å². The van der Waals surface area contributed by atoms with Crippen LogP contribution in [0.5, 0.6) is 0 Å². The van der Waals surface area contributed by atoms with Crippen molar-refractivity contribution in [3.8, 4) is 6.07 Å². The quantitative estimate of drug-likeness (QED) is 0.788. The Bertz CT molecular complexity index is 732. The van der Waals surface area contributed by atoms with Gasteiger partial charge in [-0.05, 0) is 36.2 Å². The first kappa shape index (κ1) is 15.1. The summed E-state index contributed by atoms with van der Waals surface area (Å²) >= 11 is 5.95. The maximum Gasteiger partial charge on any atom is 0.184 e. The number of carbonyl (C=O) groups excluding carboxylic acids is 1. The molecule has 1 atom stereocenters. The summed E-state index contributed by atoms with van der Waals surface area (Å²) in [4.78, 5) is 12.3. The van der Waals surface area contributed by atoms with Crippen molar-refractivity contribution in [3.05, 3.63) is 69.7 Å². The second-order valence-electron chi connectivity index (χ2n) is 4.59. The molecular formula is C16H10ClF2NO. The number of hydrogen-bond acceptors (Lipinski definition) is 2. The second-order valence-corrected chi connectivity index (χ2v) is 5.00. The maximum atomic E-state index is 13.2. The van der Waals surface area contributed by atoms with Gasteiger partial charge in [0, 0.05) is 16.7 Å². The van der Waals surface area contributed by atoms with Gasteiger partial charge in [-0.25, -0.2) is 8.78 Å². The largest absolute Gasteiger partial charge is 0.292 e. The fourth-order valence-corrected chi connectivity index (χ4v) is 2.12. The highest BCUT2D eigenvalue weighted by atomic mass is 35.5. The zero-order chi connectivity index (χ0) is 15.6. The van der Waals surface area contributed by atoms with Gasteiger partial charge in [-0.1, -0.05) is 23.7 Å². The minimum absolute atomic E-state index is 0.0169. The Morgan fingerprint density at radius 1 is 1.19 bits per heavy atom. The lowest BCUT2D eigenvalue weighted by molar-refractivity contribution is 0.0979. The molecule has 0 aromatic heterocycles. The van der Waals surface area contributed by atoms with Crippen LogP contribution in [-0.4, -0.2) is 5.78 Å². The predicted molar refractivity (Wildman–Crippen MR) is 75.2 cm³/mol. The van der Waals surface area contributed by atoms with Gasteiger partial charge in [0.2, 0.25) is 0 Å². The van der Waals surface area contributed by atoms with E-state index in [1.807, 2.05) is 0 Å². The number of ketones is 1. The number of nitrogens with zero attached hydrogens (tertiary/aromatic N) is 1. The van der Waals surface area contributed by atoms with Gasteiger partial charge in [-0.15, -0.1) is 0 Å². The van der Waals surface area contributed by atoms with Crippen molar-refractivity contribution in [3.63, 3.8) is 0 Å². The van der Waals surface area contributed by atoms with E-state index >= 15 is 0 Å². The lowest BCUT2D eigenvalue weighted by Gasteiger charge is -2.10. The molecule has 0 amide bonds. The fraction of sp³-hybridized carbons (Fsp3) is 0.125. The predicted octanol–water partition coefficient (Wildman–Crippen LogP) is 4.42. The van der Waals surface area contributed by atoms with Gasteiger partial charge in [-0.2, -0.15) is 5.26 Å². The summed E-state index contributed by atoms with van der Waals surface area (Å²) in [5.41, 5.74) is 0.997. The molecular weight excluding hydrogens is 296 g/mol. The molecule has 2 aromatic rings. The molecule has 21 heavy (non-hydrogen) atoms. The highest BCUT2D eigenvalue weighted by Crippen LogP contribution is 2.25. The van der Waals surface area contributed by atoms with Gasteiger partial charge in [0.15, 0.2) is 5.78 Å². The van der Waals surface area contributed by atoms with Crippen LogP contribution in [0, 0.1) is 29.9 Å². The van der Waals surface area contributed by atoms with Crippen LogP contribution >= 0.6 is 11.6 Å². The molecule has 0 spiro atoms. The highest BCUT2D eigenvalue weighted by molar-refractivity contribution is 6.31. The van der Waals surface area contributed by atoms with Crippen LogP contribution in [0.25, 0.3) is 0 Å². The van der Waals surface area contributed by atoms with Crippen LogP contribution in [0.1, 0.15) is 27.4 Å². The molecule has 2 rings (SSSR count). The van der Waals surface area contributed by atoms with E-state index in [1.54, 1.807) is 19.1 Å². The van der Waals surface area contributed by atoms with E-state index in [-0.39, 0.29) is 11.1 Å². The van der Waals surface area contributed by atoms with Crippen LogP contribution < -0.4 is 0 Å². The van der Waals surface area contributed by atoms with Gasteiger partial charge in [0.25, 0.3) is 0 Å². The Labute approximate surface area is 125 Å². The number of aryl methyl sites for hydroxylation is 1. The molecule has 0 saturated heterocycles. The van der Waals surface area contributed by atoms with Crippen molar-refractivity contribution in [1.29, 1.82) is 5.26 Å². The van der Waals surface area contributed by atoms with Crippen LogP contribution in [0.4, 0.5) is 8.78 Å². The smallest absolute Gasteiger partial charge is 0.184 e. The number of carbonyl (C=O) groups is 1. The second kappa shape index (κ2) is 6.02. The molecule has 5 heteroatoms. The number of halogens is 3. The monoisotopic (exact) mass is 305 g/mol. The van der Waals surface area contributed by atoms with Gasteiger partial charge in [0.05, 0.1) is 6.07 Å². The molecule has 0 aliphatic rings. The Balaban J connectivity index is 2.43. The van der Waals surface area contributed by atoms with E-state index < -0.39 is 23.3 Å². The molecule has 0 bridgehead atoms. The average molecular weight is 306 g/mol. The summed E-state index contributed by atoms with van der Waals surface area (Å²) in [6, 6.07) is 9.04. The zero-order valence-electron chi connectivity index (χ0n) is 11.0. The summed E-state index contributed by atoms with van der Waals surface area (Å²) in [5, 5.41) is 9.56. The number of benzene rings is 2. The molecule has 106 valence electrons. The molecule has 0 aliphatic carbocycles. The Morgan fingerprint density at radius 3 is 2.33 bits per heavy atom. The first-order valence-electron chi connectivity index (χ1n) is 6.08. The molecule has 0 aliphatic heterocycles. The lowest BCUT2D eigenvalue weighted by atomic mass is 9.91. The third kappa shape index (κ3) is 3.26. The van der Waals surface area contributed by atoms with E-state index in [4.69, 9.17) is 16.9 Å². The lowest BCUT2D eigenvalue weighted by Crippen LogP contribution is -2.12. The molecule has 0 fully saturated rings. The van der Waals surface area contributed by atoms with Crippen molar-refractivity contribution in [2.75, 3.05) is 0 Å². The minimum atomic E-state index is -1.28. The first-order valence-corrected chi connectivity index (χ1v) is 6.46. The Morgan fingerprint density at radius 2 is 1.81 bits per heavy atom. The van der Waals surface area contributed by atoms with Crippen molar-refractivity contribution in [1.82, 2.24) is 0 Å². The third-order valence-electron chi connectivity index (χ3n) is 3.07. The summed E-state index contributed by atoms with van der Waals surface area (Å²) in [6.07, 6.45) is 0. The zero-order valence-corrected chi connectivity index (χ0v) is 11.8. The molecule has 1 unspecified atom stereocenters. The SMILES string of the molecule is Cc1ccc(C(=O)C(C#N)c2cc(F)cc(F)c2)cc1Cl.